The van der Waals surface area contributed by atoms with Crippen molar-refractivity contribution >= 4 is 10.8 Å². The van der Waals surface area contributed by atoms with Gasteiger partial charge in [0.25, 0.3) is 5.56 Å². The maximum Gasteiger partial charge on any atom is 0.416 e. The number of fused-ring (bicyclic) bond motifs is 1. The maximum atomic E-state index is 15.0. The summed E-state index contributed by atoms with van der Waals surface area (Å²) in [6.45, 7) is 0.460. The van der Waals surface area contributed by atoms with Gasteiger partial charge in [-0.1, -0.05) is 0 Å². The fourth-order valence-corrected chi connectivity index (χ4v) is 4.91. The topological polar surface area (TPSA) is 74.8 Å². The predicted molar refractivity (Wildman–Crippen MR) is 126 cm³/mol. The molecule has 3 aromatic heterocycles. The minimum Gasteiger partial charge on any atom is -0.373 e. The third-order valence-electron chi connectivity index (χ3n) is 7.13. The second-order valence-corrected chi connectivity index (χ2v) is 9.69. The summed E-state index contributed by atoms with van der Waals surface area (Å²) in [4.78, 5) is 17.7. The summed E-state index contributed by atoms with van der Waals surface area (Å²) in [7, 11) is 1.50. The maximum absolute atomic E-state index is 15.0. The lowest BCUT2D eigenvalue weighted by Gasteiger charge is -2.29. The number of aromatic nitrogens is 5. The van der Waals surface area contributed by atoms with E-state index in [0.717, 1.165) is 35.2 Å². The Morgan fingerprint density at radius 3 is 2.59 bits per heavy atom. The van der Waals surface area contributed by atoms with E-state index < -0.39 is 23.1 Å². The van der Waals surface area contributed by atoms with Gasteiger partial charge in [-0.2, -0.15) is 23.4 Å². The van der Waals surface area contributed by atoms with E-state index in [-0.39, 0.29) is 34.1 Å². The summed E-state index contributed by atoms with van der Waals surface area (Å²) in [5.74, 6) is -1.18. The zero-order chi connectivity index (χ0) is 25.9. The predicted octanol–water partition coefficient (Wildman–Crippen LogP) is 5.32. The van der Waals surface area contributed by atoms with Crippen LogP contribution in [0, 0.1) is 5.82 Å². The Hall–Kier alpha value is -3.60. The van der Waals surface area contributed by atoms with Crippen molar-refractivity contribution in [3.63, 3.8) is 0 Å². The van der Waals surface area contributed by atoms with Crippen molar-refractivity contribution in [3.05, 3.63) is 75.8 Å². The summed E-state index contributed by atoms with van der Waals surface area (Å²) in [5.41, 5.74) is 0.00328. The second-order valence-electron chi connectivity index (χ2n) is 9.69. The molecule has 2 aliphatic rings. The molecule has 11 heteroatoms. The van der Waals surface area contributed by atoms with E-state index in [1.165, 1.54) is 13.2 Å². The molecule has 1 saturated heterocycles. The number of nitrogens with zero attached hydrogens (tertiary/aromatic N) is 5. The third-order valence-corrected chi connectivity index (χ3v) is 7.13. The number of hydrogen-bond donors (Lipinski definition) is 0. The minimum absolute atomic E-state index is 0.0912. The molecule has 0 N–H and O–H groups in total. The largest absolute Gasteiger partial charge is 0.416 e. The highest BCUT2D eigenvalue weighted by molar-refractivity contribution is 5.94. The van der Waals surface area contributed by atoms with Crippen LogP contribution in [0.15, 0.2) is 47.7 Å². The summed E-state index contributed by atoms with van der Waals surface area (Å²) in [6, 6.07) is 4.45. The lowest BCUT2D eigenvalue weighted by molar-refractivity contribution is -0.137. The van der Waals surface area contributed by atoms with Gasteiger partial charge in [0.15, 0.2) is 0 Å². The number of alkyl halides is 3. The van der Waals surface area contributed by atoms with Crippen LogP contribution in [0.5, 0.6) is 0 Å². The minimum atomic E-state index is -4.68. The molecule has 0 spiro atoms. The van der Waals surface area contributed by atoms with Crippen LogP contribution in [-0.4, -0.2) is 31.2 Å². The smallest absolute Gasteiger partial charge is 0.373 e. The molecule has 1 aromatic carbocycles. The lowest BCUT2D eigenvalue weighted by Crippen LogP contribution is -2.22. The molecule has 7 nitrogen and oxygen atoms in total. The Labute approximate surface area is 208 Å². The number of benzene rings is 1. The van der Waals surface area contributed by atoms with Crippen LogP contribution in [-0.2, 0) is 18.0 Å². The van der Waals surface area contributed by atoms with Crippen molar-refractivity contribution in [3.8, 4) is 11.3 Å². The highest BCUT2D eigenvalue weighted by Gasteiger charge is 2.33. The van der Waals surface area contributed by atoms with Crippen molar-refractivity contribution in [1.29, 1.82) is 0 Å². The van der Waals surface area contributed by atoms with Gasteiger partial charge in [0.2, 0.25) is 0 Å². The van der Waals surface area contributed by atoms with Gasteiger partial charge < -0.3 is 4.74 Å². The van der Waals surface area contributed by atoms with Crippen LogP contribution in [0.3, 0.4) is 0 Å². The summed E-state index contributed by atoms with van der Waals surface area (Å²) in [5, 5.41) is 9.03. The van der Waals surface area contributed by atoms with Gasteiger partial charge in [0, 0.05) is 48.0 Å². The molecular weight excluding hydrogens is 490 g/mol. The molecule has 2 atom stereocenters. The Morgan fingerprint density at radius 1 is 1.05 bits per heavy atom. The first-order valence-corrected chi connectivity index (χ1v) is 12.1. The molecule has 192 valence electrons. The van der Waals surface area contributed by atoms with E-state index in [0.29, 0.717) is 37.3 Å². The fourth-order valence-electron chi connectivity index (χ4n) is 4.91. The molecule has 4 heterocycles. The average molecular weight is 513 g/mol. The molecule has 4 aromatic rings. The van der Waals surface area contributed by atoms with E-state index in [9.17, 15) is 18.0 Å². The zero-order valence-electron chi connectivity index (χ0n) is 19.9. The highest BCUT2D eigenvalue weighted by Crippen LogP contribution is 2.41. The summed E-state index contributed by atoms with van der Waals surface area (Å²) >= 11 is 0. The van der Waals surface area contributed by atoms with E-state index in [2.05, 4.69) is 10.2 Å². The summed E-state index contributed by atoms with van der Waals surface area (Å²) < 4.78 is 63.6. The second kappa shape index (κ2) is 8.76. The first-order chi connectivity index (χ1) is 17.7. The molecule has 1 aliphatic carbocycles. The van der Waals surface area contributed by atoms with Gasteiger partial charge in [-0.15, -0.1) is 0 Å². The van der Waals surface area contributed by atoms with Gasteiger partial charge in [0.05, 0.1) is 41.2 Å². The molecule has 1 aliphatic heterocycles. The van der Waals surface area contributed by atoms with Gasteiger partial charge in [0.1, 0.15) is 5.82 Å². The molecule has 0 radical (unpaired) electrons. The SMILES string of the molecule is Cn1ncc2c(-c3ccc(C(F)(F)F)cc3F)nc([C@H]3CCO[C@H](c4cnn(C5CC5)c4)C3)cc2c1=O. The summed E-state index contributed by atoms with van der Waals surface area (Å²) in [6.07, 6.45) is 3.74. The average Bonchev–Trinajstić information content (AvgIpc) is 3.61. The molecule has 0 unspecified atom stereocenters. The molecule has 6 rings (SSSR count). The lowest BCUT2D eigenvalue weighted by atomic mass is 9.89. The number of ether oxygens (including phenoxy) is 1. The fraction of sp³-hybridized carbons (Fsp3) is 0.385. The van der Waals surface area contributed by atoms with Gasteiger partial charge in [-0.05, 0) is 49.9 Å². The number of rotatable bonds is 4. The molecule has 2 fully saturated rings. The first kappa shape index (κ1) is 23.8. The number of hydrogen-bond acceptors (Lipinski definition) is 5. The van der Waals surface area contributed by atoms with E-state index in [1.54, 1.807) is 6.07 Å². The van der Waals surface area contributed by atoms with Gasteiger partial charge in [-0.25, -0.2) is 9.07 Å². The first-order valence-electron chi connectivity index (χ1n) is 12.1. The van der Waals surface area contributed by atoms with E-state index >= 15 is 4.39 Å². The Kier molecular flexibility index (Phi) is 5.63. The van der Waals surface area contributed by atoms with E-state index in [1.807, 2.05) is 17.1 Å². The normalized spacial score (nSPS) is 20.5. The number of pyridine rings is 1. The van der Waals surface area contributed by atoms with Crippen LogP contribution < -0.4 is 5.56 Å². The van der Waals surface area contributed by atoms with Crippen LogP contribution >= 0.6 is 0 Å². The van der Waals surface area contributed by atoms with Crippen molar-refractivity contribution in [2.45, 2.75) is 49.9 Å². The zero-order valence-corrected chi connectivity index (χ0v) is 19.9. The van der Waals surface area contributed by atoms with Crippen LogP contribution in [0.1, 0.15) is 60.6 Å². The van der Waals surface area contributed by atoms with Crippen molar-refractivity contribution in [1.82, 2.24) is 24.5 Å². The molecule has 1 saturated carbocycles. The standard InChI is InChI=1S/C26H23F4N5O2/c1-34-25(36)19-10-22(14-6-7-37-23(8-14)15-11-32-35(13-15)17-3-4-17)33-24(20(19)12-31-34)18-5-2-16(9-21(18)27)26(28,29)30/h2,5,9-14,17,23H,3-4,6-8H2,1H3/t14-,23-/m0/s1. The molecule has 0 amide bonds. The van der Waals surface area contributed by atoms with Crippen molar-refractivity contribution in [2.75, 3.05) is 6.61 Å². The molecule has 37 heavy (non-hydrogen) atoms. The Bertz CT molecular complexity index is 1560. The number of halogens is 4. The molecular formula is C26H23F4N5O2. The Morgan fingerprint density at radius 2 is 1.86 bits per heavy atom. The van der Waals surface area contributed by atoms with Crippen molar-refractivity contribution < 1.29 is 22.3 Å². The van der Waals surface area contributed by atoms with E-state index in [4.69, 9.17) is 9.72 Å². The third kappa shape index (κ3) is 4.41. The monoisotopic (exact) mass is 513 g/mol. The highest BCUT2D eigenvalue weighted by atomic mass is 19.4. The van der Waals surface area contributed by atoms with Crippen LogP contribution in [0.25, 0.3) is 22.0 Å². The quantitative estimate of drug-likeness (QED) is 0.346. The van der Waals surface area contributed by atoms with Gasteiger partial charge >= 0.3 is 6.18 Å². The van der Waals surface area contributed by atoms with Crippen molar-refractivity contribution in [2.24, 2.45) is 7.05 Å². The molecule has 0 bridgehead atoms. The van der Waals surface area contributed by atoms with Crippen LogP contribution in [0.4, 0.5) is 17.6 Å². The van der Waals surface area contributed by atoms with Gasteiger partial charge in [-0.3, -0.25) is 14.5 Å². The Balaban J connectivity index is 1.43. The van der Waals surface area contributed by atoms with Crippen LogP contribution in [0.2, 0.25) is 0 Å². The number of aryl methyl sites for hydroxylation is 1.